The van der Waals surface area contributed by atoms with Gasteiger partial charge in [0.05, 0.1) is 17.3 Å². The number of aromatic nitrogens is 1. The minimum Gasteiger partial charge on any atom is -0.444 e. The van der Waals surface area contributed by atoms with Crippen LogP contribution in [0.1, 0.15) is 43.2 Å². The van der Waals surface area contributed by atoms with E-state index in [2.05, 4.69) is 10.3 Å². The number of pyridine rings is 1. The number of rotatable bonds is 4. The minimum atomic E-state index is -0.813. The number of alkyl carbamates (subject to hydrolysis) is 1. The van der Waals surface area contributed by atoms with Gasteiger partial charge in [-0.15, -0.1) is 0 Å². The van der Waals surface area contributed by atoms with E-state index in [4.69, 9.17) is 4.74 Å². The second-order valence-electron chi connectivity index (χ2n) is 8.25. The fourth-order valence-corrected chi connectivity index (χ4v) is 3.55. The van der Waals surface area contributed by atoms with Crippen molar-refractivity contribution in [3.05, 3.63) is 47.3 Å². The van der Waals surface area contributed by atoms with Crippen molar-refractivity contribution in [2.75, 3.05) is 18.0 Å². The van der Waals surface area contributed by atoms with Gasteiger partial charge in [-0.05, 0) is 44.9 Å². The number of nitrogens with one attached hydrogen (secondary N) is 1. The van der Waals surface area contributed by atoms with E-state index in [0.717, 1.165) is 18.2 Å². The molecule has 1 saturated heterocycles. The fourth-order valence-electron chi connectivity index (χ4n) is 3.55. The molecule has 1 aromatic heterocycles. The summed E-state index contributed by atoms with van der Waals surface area (Å²) in [7, 11) is 0. The van der Waals surface area contributed by atoms with Crippen molar-refractivity contribution in [3.8, 4) is 17.2 Å². The third-order valence-electron chi connectivity index (χ3n) is 4.69. The molecule has 31 heavy (non-hydrogen) atoms. The Bertz CT molecular complexity index is 1040. The largest absolute Gasteiger partial charge is 0.444 e. The molecule has 0 unspecified atom stereocenters. The van der Waals surface area contributed by atoms with Gasteiger partial charge in [-0.2, -0.15) is 5.26 Å². The summed E-state index contributed by atoms with van der Waals surface area (Å²) in [4.78, 5) is 29.6. The molecule has 0 radical (unpaired) electrons. The topological polar surface area (TPSA) is 95.3 Å². The highest BCUT2D eigenvalue weighted by Gasteiger charge is 2.30. The summed E-state index contributed by atoms with van der Waals surface area (Å²) in [5.41, 5.74) is 0.0899. The molecule has 1 fully saturated rings. The van der Waals surface area contributed by atoms with E-state index in [1.165, 1.54) is 6.20 Å². The van der Waals surface area contributed by atoms with Gasteiger partial charge < -0.3 is 15.0 Å². The van der Waals surface area contributed by atoms with Gasteiger partial charge in [0.25, 0.3) is 0 Å². The van der Waals surface area contributed by atoms with Gasteiger partial charge in [0.1, 0.15) is 29.0 Å². The van der Waals surface area contributed by atoms with Crippen molar-refractivity contribution >= 4 is 18.1 Å². The van der Waals surface area contributed by atoms with Crippen LogP contribution in [0.25, 0.3) is 11.1 Å². The molecular weight excluding hydrogens is 406 g/mol. The van der Waals surface area contributed by atoms with Gasteiger partial charge >= 0.3 is 6.09 Å². The highest BCUT2D eigenvalue weighted by Crippen LogP contribution is 2.37. The Morgan fingerprint density at radius 1 is 1.32 bits per heavy atom. The Morgan fingerprint density at radius 3 is 2.58 bits per heavy atom. The van der Waals surface area contributed by atoms with Crippen molar-refractivity contribution in [3.63, 3.8) is 0 Å². The Morgan fingerprint density at radius 2 is 2.00 bits per heavy atom. The maximum atomic E-state index is 13.9. The molecule has 1 aromatic carbocycles. The molecule has 0 spiro atoms. The molecule has 1 aliphatic rings. The lowest BCUT2D eigenvalue weighted by atomic mass is 9.98. The summed E-state index contributed by atoms with van der Waals surface area (Å²) < 4.78 is 33.1. The van der Waals surface area contributed by atoms with Crippen LogP contribution < -0.4 is 10.2 Å². The molecule has 1 aliphatic heterocycles. The van der Waals surface area contributed by atoms with Crippen LogP contribution in [0, 0.1) is 23.0 Å². The number of amides is 1. The first-order valence-electron chi connectivity index (χ1n) is 9.70. The molecule has 0 bridgehead atoms. The summed E-state index contributed by atoms with van der Waals surface area (Å²) in [5.74, 6) is -1.63. The van der Waals surface area contributed by atoms with E-state index in [-0.39, 0.29) is 28.4 Å². The molecule has 7 nitrogen and oxygen atoms in total. The molecular formula is C22H22F2N4O3. The van der Waals surface area contributed by atoms with E-state index in [1.54, 1.807) is 25.7 Å². The average molecular weight is 428 g/mol. The summed E-state index contributed by atoms with van der Waals surface area (Å²) in [6.45, 7) is 6.04. The SMILES string of the molecule is CC(C)(C)OC(=O)N[C@H]1CCN(c2c(C=O)cnc(C#N)c2-c2cc(F)cc(F)c2)C1. The first-order chi connectivity index (χ1) is 14.6. The number of hydrogen-bond donors (Lipinski definition) is 1. The highest BCUT2D eigenvalue weighted by molar-refractivity contribution is 5.94. The van der Waals surface area contributed by atoms with Crippen LogP contribution in [-0.2, 0) is 4.74 Å². The predicted molar refractivity (Wildman–Crippen MR) is 110 cm³/mol. The summed E-state index contributed by atoms with van der Waals surface area (Å²) in [6.07, 6.45) is 1.83. The zero-order chi connectivity index (χ0) is 22.8. The lowest BCUT2D eigenvalue weighted by Crippen LogP contribution is -2.40. The molecule has 0 saturated carbocycles. The van der Waals surface area contributed by atoms with E-state index in [1.807, 2.05) is 6.07 Å². The number of ether oxygens (including phenoxy) is 1. The van der Waals surface area contributed by atoms with Crippen LogP contribution in [0.3, 0.4) is 0 Å². The number of carbonyl (C=O) groups excluding carboxylic acids is 2. The van der Waals surface area contributed by atoms with Crippen LogP contribution in [0.2, 0.25) is 0 Å². The standard InChI is InChI=1S/C22H22F2N4O3/c1-22(2,3)31-21(30)27-17-4-5-28(11-17)20-14(12-29)10-26-18(9-25)19(20)13-6-15(23)8-16(24)7-13/h6-8,10,12,17H,4-5,11H2,1-3H3,(H,27,30)/t17-/m0/s1. The molecule has 1 N–H and O–H groups in total. The molecule has 9 heteroatoms. The Balaban J connectivity index is 1.98. The molecule has 2 aromatic rings. The first-order valence-corrected chi connectivity index (χ1v) is 9.70. The average Bonchev–Trinajstić information content (AvgIpc) is 3.12. The van der Waals surface area contributed by atoms with Crippen LogP contribution in [0.4, 0.5) is 19.3 Å². The molecule has 2 heterocycles. The van der Waals surface area contributed by atoms with Crippen molar-refractivity contribution in [1.29, 1.82) is 5.26 Å². The third-order valence-corrected chi connectivity index (χ3v) is 4.69. The number of anilines is 1. The molecule has 0 aliphatic carbocycles. The van der Waals surface area contributed by atoms with E-state index in [9.17, 15) is 23.6 Å². The van der Waals surface area contributed by atoms with Gasteiger partial charge in [-0.1, -0.05) is 0 Å². The first kappa shape index (κ1) is 22.2. The van der Waals surface area contributed by atoms with E-state index in [0.29, 0.717) is 31.5 Å². The zero-order valence-corrected chi connectivity index (χ0v) is 17.4. The number of halogens is 2. The number of benzene rings is 1. The lowest BCUT2D eigenvalue weighted by Gasteiger charge is -2.25. The van der Waals surface area contributed by atoms with Crippen LogP contribution >= 0.6 is 0 Å². The quantitative estimate of drug-likeness (QED) is 0.744. The van der Waals surface area contributed by atoms with Crippen LogP contribution in [-0.4, -0.2) is 42.1 Å². The monoisotopic (exact) mass is 428 g/mol. The van der Waals surface area contributed by atoms with Crippen LogP contribution in [0.15, 0.2) is 24.4 Å². The van der Waals surface area contributed by atoms with Crippen molar-refractivity contribution < 1.29 is 23.1 Å². The minimum absolute atomic E-state index is 0.0610. The fraction of sp³-hybridized carbons (Fsp3) is 0.364. The molecule has 3 rings (SSSR count). The number of nitriles is 1. The predicted octanol–water partition coefficient (Wildman–Crippen LogP) is 3.81. The van der Waals surface area contributed by atoms with Gasteiger partial charge in [0, 0.05) is 30.9 Å². The van der Waals surface area contributed by atoms with Crippen LogP contribution in [0.5, 0.6) is 0 Å². The number of aldehydes is 1. The van der Waals surface area contributed by atoms with Gasteiger partial charge in [-0.25, -0.2) is 18.6 Å². The Labute approximate surface area is 178 Å². The summed E-state index contributed by atoms with van der Waals surface area (Å²) in [5, 5.41) is 12.3. The maximum absolute atomic E-state index is 13.9. The second-order valence-corrected chi connectivity index (χ2v) is 8.25. The van der Waals surface area contributed by atoms with Crippen molar-refractivity contribution in [1.82, 2.24) is 10.3 Å². The smallest absolute Gasteiger partial charge is 0.407 e. The van der Waals surface area contributed by atoms with Gasteiger partial charge in [0.2, 0.25) is 0 Å². The summed E-state index contributed by atoms with van der Waals surface area (Å²) in [6, 6.07) is 4.56. The van der Waals surface area contributed by atoms with Crippen molar-refractivity contribution in [2.45, 2.75) is 38.8 Å². The number of carbonyl (C=O) groups is 2. The normalized spacial score (nSPS) is 16.0. The van der Waals surface area contributed by atoms with Gasteiger partial charge in [0.15, 0.2) is 6.29 Å². The highest BCUT2D eigenvalue weighted by atomic mass is 19.1. The maximum Gasteiger partial charge on any atom is 0.407 e. The lowest BCUT2D eigenvalue weighted by molar-refractivity contribution is 0.0509. The number of nitrogens with zero attached hydrogens (tertiary/aromatic N) is 3. The number of hydrogen-bond acceptors (Lipinski definition) is 6. The second kappa shape index (κ2) is 8.68. The third kappa shape index (κ3) is 5.15. The van der Waals surface area contributed by atoms with E-state index < -0.39 is 23.3 Å². The Hall–Kier alpha value is -3.54. The molecule has 162 valence electrons. The molecule has 1 atom stereocenters. The van der Waals surface area contributed by atoms with E-state index >= 15 is 0 Å². The van der Waals surface area contributed by atoms with Crippen molar-refractivity contribution in [2.24, 2.45) is 0 Å². The molecule has 1 amide bonds. The van der Waals surface area contributed by atoms with Gasteiger partial charge in [-0.3, -0.25) is 4.79 Å². The summed E-state index contributed by atoms with van der Waals surface area (Å²) >= 11 is 0. The Kier molecular flexibility index (Phi) is 6.20. The zero-order valence-electron chi connectivity index (χ0n) is 17.4.